The predicted octanol–water partition coefficient (Wildman–Crippen LogP) is 4.08. The summed E-state index contributed by atoms with van der Waals surface area (Å²) >= 11 is 0. The van der Waals surface area contributed by atoms with Crippen LogP contribution in [0.15, 0.2) is 42.5 Å². The first-order chi connectivity index (χ1) is 9.49. The van der Waals surface area contributed by atoms with Crippen LogP contribution in [-0.2, 0) is 6.18 Å². The topological polar surface area (TPSA) is 30.0 Å². The molecule has 0 N–H and O–H groups in total. The van der Waals surface area contributed by atoms with Gasteiger partial charge in [-0.15, -0.1) is 0 Å². The molecular formula is C15H10F3NO. The Kier molecular flexibility index (Phi) is 3.98. The van der Waals surface area contributed by atoms with Crippen molar-refractivity contribution >= 4 is 18.4 Å². The third-order valence-corrected chi connectivity index (χ3v) is 2.57. The molecule has 0 bridgehead atoms. The highest BCUT2D eigenvalue weighted by molar-refractivity contribution is 5.74. The number of benzene rings is 1. The molecule has 0 spiro atoms. The van der Waals surface area contributed by atoms with Crippen LogP contribution in [0.2, 0.25) is 0 Å². The second-order valence-electron chi connectivity index (χ2n) is 4.06. The zero-order valence-corrected chi connectivity index (χ0v) is 10.3. The zero-order valence-electron chi connectivity index (χ0n) is 10.3. The molecular weight excluding hydrogens is 267 g/mol. The number of pyridine rings is 1. The quantitative estimate of drug-likeness (QED) is 0.791. The average Bonchev–Trinajstić information content (AvgIpc) is 2.45. The van der Waals surface area contributed by atoms with Crippen molar-refractivity contribution in [3.05, 3.63) is 65.0 Å². The maximum Gasteiger partial charge on any atom is 0.416 e. The third-order valence-electron chi connectivity index (χ3n) is 2.57. The second-order valence-corrected chi connectivity index (χ2v) is 4.06. The molecule has 0 amide bonds. The molecule has 1 aromatic carbocycles. The van der Waals surface area contributed by atoms with E-state index in [2.05, 4.69) is 4.98 Å². The summed E-state index contributed by atoms with van der Waals surface area (Å²) in [7, 11) is 0. The molecule has 0 fully saturated rings. The zero-order chi connectivity index (χ0) is 14.6. The molecule has 2 aromatic rings. The minimum absolute atomic E-state index is 0.274. The fourth-order valence-corrected chi connectivity index (χ4v) is 1.63. The van der Waals surface area contributed by atoms with E-state index in [1.54, 1.807) is 30.3 Å². The van der Waals surface area contributed by atoms with E-state index in [1.165, 1.54) is 12.1 Å². The number of hydrogen-bond donors (Lipinski definition) is 0. The van der Waals surface area contributed by atoms with Gasteiger partial charge in [-0.3, -0.25) is 4.79 Å². The maximum absolute atomic E-state index is 12.6. The fraction of sp³-hybridized carbons (Fsp3) is 0.0667. The van der Waals surface area contributed by atoms with Gasteiger partial charge in [0.15, 0.2) is 6.29 Å². The Balaban J connectivity index is 2.25. The largest absolute Gasteiger partial charge is 0.416 e. The lowest BCUT2D eigenvalue weighted by molar-refractivity contribution is -0.137. The third kappa shape index (κ3) is 3.54. The molecule has 0 aliphatic carbocycles. The standard InChI is InChI=1S/C15H10F3NO/c16-15(17,18)12-4-1-3-11(9-12)7-8-13-5-2-6-14(10-20)19-13/h1-10H/b8-7+. The van der Waals surface area contributed by atoms with Crippen LogP contribution >= 0.6 is 0 Å². The minimum atomic E-state index is -4.36. The molecule has 0 saturated heterocycles. The van der Waals surface area contributed by atoms with Gasteiger partial charge in [0.05, 0.1) is 11.3 Å². The molecule has 0 atom stereocenters. The van der Waals surface area contributed by atoms with Gasteiger partial charge in [0.1, 0.15) is 5.69 Å². The number of hydrogen-bond acceptors (Lipinski definition) is 2. The van der Waals surface area contributed by atoms with Gasteiger partial charge in [-0.25, -0.2) is 4.98 Å². The summed E-state index contributed by atoms with van der Waals surface area (Å²) in [4.78, 5) is 14.6. The Labute approximate surface area is 113 Å². The van der Waals surface area contributed by atoms with Gasteiger partial charge < -0.3 is 0 Å². The molecule has 1 heterocycles. The SMILES string of the molecule is O=Cc1cccc(/C=C/c2cccc(C(F)(F)F)c2)n1. The Hall–Kier alpha value is -2.43. The van der Waals surface area contributed by atoms with Crippen LogP contribution in [0.1, 0.15) is 27.3 Å². The number of aldehydes is 1. The van der Waals surface area contributed by atoms with Crippen molar-refractivity contribution in [2.24, 2.45) is 0 Å². The molecule has 1 aromatic heterocycles. The van der Waals surface area contributed by atoms with Gasteiger partial charge in [-0.1, -0.05) is 24.3 Å². The Morgan fingerprint density at radius 3 is 2.35 bits per heavy atom. The van der Waals surface area contributed by atoms with E-state index >= 15 is 0 Å². The lowest BCUT2D eigenvalue weighted by Crippen LogP contribution is -2.04. The summed E-state index contributed by atoms with van der Waals surface area (Å²) in [5.74, 6) is 0. The lowest BCUT2D eigenvalue weighted by atomic mass is 10.1. The van der Waals surface area contributed by atoms with E-state index < -0.39 is 11.7 Å². The van der Waals surface area contributed by atoms with Crippen LogP contribution in [0.25, 0.3) is 12.2 Å². The predicted molar refractivity (Wildman–Crippen MR) is 70.0 cm³/mol. The van der Waals surface area contributed by atoms with Crippen molar-refractivity contribution in [3.8, 4) is 0 Å². The molecule has 2 nitrogen and oxygen atoms in total. The summed E-state index contributed by atoms with van der Waals surface area (Å²) < 4.78 is 37.7. The fourth-order valence-electron chi connectivity index (χ4n) is 1.63. The van der Waals surface area contributed by atoms with Crippen molar-refractivity contribution in [1.29, 1.82) is 0 Å². The summed E-state index contributed by atoms with van der Waals surface area (Å²) in [6, 6.07) is 9.85. The van der Waals surface area contributed by atoms with E-state index in [9.17, 15) is 18.0 Å². The minimum Gasteiger partial charge on any atom is -0.296 e. The van der Waals surface area contributed by atoms with Crippen molar-refractivity contribution in [2.45, 2.75) is 6.18 Å². The van der Waals surface area contributed by atoms with E-state index in [1.807, 2.05) is 0 Å². The summed E-state index contributed by atoms with van der Waals surface area (Å²) in [5.41, 5.74) is 0.496. The van der Waals surface area contributed by atoms with E-state index in [4.69, 9.17) is 0 Å². The first-order valence-electron chi connectivity index (χ1n) is 5.76. The van der Waals surface area contributed by atoms with Gasteiger partial charge in [-0.05, 0) is 35.9 Å². The van der Waals surface area contributed by atoms with Crippen LogP contribution in [0.5, 0.6) is 0 Å². The van der Waals surface area contributed by atoms with Gasteiger partial charge in [0, 0.05) is 0 Å². The van der Waals surface area contributed by atoms with Gasteiger partial charge in [-0.2, -0.15) is 13.2 Å². The number of alkyl halides is 3. The first kappa shape index (κ1) is 14.0. The van der Waals surface area contributed by atoms with Crippen LogP contribution < -0.4 is 0 Å². The number of rotatable bonds is 3. The first-order valence-corrected chi connectivity index (χ1v) is 5.76. The molecule has 102 valence electrons. The summed E-state index contributed by atoms with van der Waals surface area (Å²) in [5, 5.41) is 0. The molecule has 5 heteroatoms. The van der Waals surface area contributed by atoms with Crippen molar-refractivity contribution in [2.75, 3.05) is 0 Å². The van der Waals surface area contributed by atoms with E-state index in [0.717, 1.165) is 12.1 Å². The highest BCUT2D eigenvalue weighted by atomic mass is 19.4. The highest BCUT2D eigenvalue weighted by Gasteiger charge is 2.30. The average molecular weight is 277 g/mol. The monoisotopic (exact) mass is 277 g/mol. The van der Waals surface area contributed by atoms with Crippen molar-refractivity contribution in [1.82, 2.24) is 4.98 Å². The van der Waals surface area contributed by atoms with Gasteiger partial charge in [0.25, 0.3) is 0 Å². The molecule has 0 unspecified atom stereocenters. The lowest BCUT2D eigenvalue weighted by Gasteiger charge is -2.06. The molecule has 20 heavy (non-hydrogen) atoms. The van der Waals surface area contributed by atoms with Crippen LogP contribution in [0, 0.1) is 0 Å². The van der Waals surface area contributed by atoms with Gasteiger partial charge in [0.2, 0.25) is 0 Å². The Morgan fingerprint density at radius 1 is 0.950 bits per heavy atom. The molecule has 0 aliphatic rings. The smallest absolute Gasteiger partial charge is 0.296 e. The van der Waals surface area contributed by atoms with E-state index in [0.29, 0.717) is 17.5 Å². The molecule has 0 saturated carbocycles. The van der Waals surface area contributed by atoms with Crippen molar-refractivity contribution in [3.63, 3.8) is 0 Å². The Morgan fingerprint density at radius 2 is 1.65 bits per heavy atom. The normalized spacial score (nSPS) is 11.8. The number of aromatic nitrogens is 1. The second kappa shape index (κ2) is 5.69. The van der Waals surface area contributed by atoms with Crippen LogP contribution in [0.4, 0.5) is 13.2 Å². The van der Waals surface area contributed by atoms with Crippen molar-refractivity contribution < 1.29 is 18.0 Å². The molecule has 2 rings (SSSR count). The Bertz CT molecular complexity index is 648. The highest BCUT2D eigenvalue weighted by Crippen LogP contribution is 2.29. The van der Waals surface area contributed by atoms with E-state index in [-0.39, 0.29) is 5.69 Å². The summed E-state index contributed by atoms with van der Waals surface area (Å²) in [6.45, 7) is 0. The van der Waals surface area contributed by atoms with Crippen LogP contribution in [0.3, 0.4) is 0 Å². The summed E-state index contributed by atoms with van der Waals surface area (Å²) in [6.07, 6.45) is -0.671. The number of carbonyl (C=O) groups excluding carboxylic acids is 1. The van der Waals surface area contributed by atoms with Crippen LogP contribution in [-0.4, -0.2) is 11.3 Å². The maximum atomic E-state index is 12.6. The number of nitrogens with zero attached hydrogens (tertiary/aromatic N) is 1. The number of carbonyl (C=O) groups is 1. The molecule has 0 aliphatic heterocycles. The number of halogens is 3. The van der Waals surface area contributed by atoms with Gasteiger partial charge >= 0.3 is 6.18 Å². The molecule has 0 radical (unpaired) electrons.